The van der Waals surface area contributed by atoms with Gasteiger partial charge < -0.3 is 19.3 Å². The number of amides is 1. The number of fused-ring (bicyclic) bond motifs is 1. The van der Waals surface area contributed by atoms with Crippen molar-refractivity contribution in [2.75, 3.05) is 19.5 Å². The van der Waals surface area contributed by atoms with Gasteiger partial charge >= 0.3 is 0 Å². The van der Waals surface area contributed by atoms with Gasteiger partial charge in [0.2, 0.25) is 5.91 Å². The molecule has 2 aromatic heterocycles. The summed E-state index contributed by atoms with van der Waals surface area (Å²) in [5.41, 5.74) is 1.36. The van der Waals surface area contributed by atoms with Gasteiger partial charge in [0.05, 0.1) is 19.6 Å². The minimum atomic E-state index is -0.866. The molecule has 0 fully saturated rings. The smallest absolute Gasteiger partial charge is 0.297 e. The number of rotatable bonds is 7. The predicted octanol–water partition coefficient (Wildman–Crippen LogP) is 3.97. The zero-order valence-corrected chi connectivity index (χ0v) is 18.8. The molecule has 4 rings (SSSR count). The number of benzene rings is 2. The molecule has 9 nitrogen and oxygen atoms in total. The van der Waals surface area contributed by atoms with Crippen LogP contribution < -0.4 is 20.3 Å². The Balaban J connectivity index is 1.82. The Bertz CT molecular complexity index is 1380. The SMILES string of the molecule is CC[C@H](C(=O)Nc1cccc(OC)c1)n1nc(-c2cccc(OC)c2)c2c(C)onc2c1=O. The molecule has 0 bridgehead atoms. The summed E-state index contributed by atoms with van der Waals surface area (Å²) in [5, 5.41) is 11.9. The molecule has 0 saturated carbocycles. The van der Waals surface area contributed by atoms with Gasteiger partial charge in [-0.1, -0.05) is 30.3 Å². The molecular formula is C24H24N4O5. The van der Waals surface area contributed by atoms with Gasteiger partial charge in [-0.15, -0.1) is 0 Å². The van der Waals surface area contributed by atoms with Crippen molar-refractivity contribution in [1.29, 1.82) is 0 Å². The largest absolute Gasteiger partial charge is 0.497 e. The number of anilines is 1. The maximum absolute atomic E-state index is 13.3. The maximum atomic E-state index is 13.3. The predicted molar refractivity (Wildman–Crippen MR) is 124 cm³/mol. The van der Waals surface area contributed by atoms with Crippen LogP contribution in [-0.2, 0) is 4.79 Å². The molecule has 0 spiro atoms. The lowest BCUT2D eigenvalue weighted by atomic mass is 10.1. The number of methoxy groups -OCH3 is 2. The van der Waals surface area contributed by atoms with Crippen LogP contribution in [0.2, 0.25) is 0 Å². The number of carbonyl (C=O) groups excluding carboxylic acids is 1. The van der Waals surface area contributed by atoms with Gasteiger partial charge in [-0.05, 0) is 37.6 Å². The third-order valence-corrected chi connectivity index (χ3v) is 5.38. The van der Waals surface area contributed by atoms with Crippen molar-refractivity contribution < 1.29 is 18.8 Å². The average Bonchev–Trinajstić information content (AvgIpc) is 3.23. The first-order chi connectivity index (χ1) is 16.0. The van der Waals surface area contributed by atoms with E-state index >= 15 is 0 Å². The molecule has 170 valence electrons. The second-order valence-corrected chi connectivity index (χ2v) is 7.44. The number of hydrogen-bond donors (Lipinski definition) is 1. The van der Waals surface area contributed by atoms with E-state index in [2.05, 4.69) is 15.6 Å². The number of ether oxygens (including phenoxy) is 2. The third kappa shape index (κ3) is 4.17. The summed E-state index contributed by atoms with van der Waals surface area (Å²) >= 11 is 0. The van der Waals surface area contributed by atoms with Crippen LogP contribution in [0.25, 0.3) is 22.2 Å². The molecule has 9 heteroatoms. The van der Waals surface area contributed by atoms with Gasteiger partial charge in [0, 0.05) is 17.3 Å². The van der Waals surface area contributed by atoms with E-state index in [0.717, 1.165) is 0 Å². The monoisotopic (exact) mass is 448 g/mol. The number of hydrogen-bond acceptors (Lipinski definition) is 7. The van der Waals surface area contributed by atoms with Crippen LogP contribution in [0.3, 0.4) is 0 Å². The van der Waals surface area contributed by atoms with Gasteiger partial charge in [-0.25, -0.2) is 4.68 Å². The number of nitrogens with zero attached hydrogens (tertiary/aromatic N) is 3. The number of nitrogens with one attached hydrogen (secondary N) is 1. The molecule has 4 aromatic rings. The summed E-state index contributed by atoms with van der Waals surface area (Å²) < 4.78 is 17.0. The Labute approximate surface area is 189 Å². The molecule has 2 heterocycles. The number of aryl methyl sites for hydroxylation is 1. The molecule has 33 heavy (non-hydrogen) atoms. The second-order valence-electron chi connectivity index (χ2n) is 7.44. The molecule has 0 aliphatic rings. The number of carbonyl (C=O) groups is 1. The minimum Gasteiger partial charge on any atom is -0.497 e. The molecule has 2 aromatic carbocycles. The van der Waals surface area contributed by atoms with Crippen LogP contribution in [0.1, 0.15) is 25.1 Å². The summed E-state index contributed by atoms with van der Waals surface area (Å²) in [4.78, 5) is 26.4. The van der Waals surface area contributed by atoms with E-state index < -0.39 is 11.6 Å². The van der Waals surface area contributed by atoms with Crippen molar-refractivity contribution in [3.8, 4) is 22.8 Å². The fourth-order valence-corrected chi connectivity index (χ4v) is 3.69. The lowest BCUT2D eigenvalue weighted by molar-refractivity contribution is -0.119. The van der Waals surface area contributed by atoms with Crippen LogP contribution >= 0.6 is 0 Å². The lowest BCUT2D eigenvalue weighted by Gasteiger charge is -2.18. The second kappa shape index (κ2) is 9.15. The first-order valence-electron chi connectivity index (χ1n) is 10.4. The van der Waals surface area contributed by atoms with Gasteiger partial charge in [0.15, 0.2) is 5.52 Å². The fraction of sp³-hybridized carbons (Fsp3) is 0.250. The Hall–Kier alpha value is -4.14. The van der Waals surface area contributed by atoms with E-state index in [4.69, 9.17) is 14.0 Å². The molecule has 0 aliphatic carbocycles. The standard InChI is InChI=1S/C24H24N4O5/c1-5-19(23(29)25-16-9-7-11-18(13-16)32-4)28-24(30)22-20(14(2)33-27-22)21(26-28)15-8-6-10-17(12-15)31-3/h6-13,19H,5H2,1-4H3,(H,25,29)/t19-/m1/s1. The average molecular weight is 448 g/mol. The maximum Gasteiger partial charge on any atom is 0.297 e. The highest BCUT2D eigenvalue weighted by molar-refractivity contribution is 5.95. The van der Waals surface area contributed by atoms with Crippen molar-refractivity contribution in [3.05, 3.63) is 64.6 Å². The summed E-state index contributed by atoms with van der Waals surface area (Å²) in [5.74, 6) is 1.33. The van der Waals surface area contributed by atoms with Crippen molar-refractivity contribution >= 4 is 22.5 Å². The van der Waals surface area contributed by atoms with Gasteiger partial charge in [-0.3, -0.25) is 9.59 Å². The van der Waals surface area contributed by atoms with E-state index in [-0.39, 0.29) is 11.4 Å². The fourth-order valence-electron chi connectivity index (χ4n) is 3.69. The van der Waals surface area contributed by atoms with Gasteiger partial charge in [0.1, 0.15) is 29.0 Å². The highest BCUT2D eigenvalue weighted by atomic mass is 16.5. The molecule has 1 atom stereocenters. The normalized spacial score (nSPS) is 11.9. The molecule has 0 saturated heterocycles. The first-order valence-corrected chi connectivity index (χ1v) is 10.4. The zero-order valence-electron chi connectivity index (χ0n) is 18.8. The molecule has 1 amide bonds. The topological polar surface area (TPSA) is 108 Å². The molecular weight excluding hydrogens is 424 g/mol. The van der Waals surface area contributed by atoms with Crippen LogP contribution in [-0.4, -0.2) is 35.1 Å². The van der Waals surface area contributed by atoms with Crippen LogP contribution in [0.5, 0.6) is 11.5 Å². The van der Waals surface area contributed by atoms with E-state index in [1.54, 1.807) is 51.5 Å². The van der Waals surface area contributed by atoms with Gasteiger partial charge in [-0.2, -0.15) is 5.10 Å². The van der Waals surface area contributed by atoms with Crippen molar-refractivity contribution in [2.24, 2.45) is 0 Å². The third-order valence-electron chi connectivity index (χ3n) is 5.38. The highest BCUT2D eigenvalue weighted by Crippen LogP contribution is 2.30. The van der Waals surface area contributed by atoms with E-state index in [1.165, 1.54) is 4.68 Å². The zero-order chi connectivity index (χ0) is 23.5. The van der Waals surface area contributed by atoms with Crippen molar-refractivity contribution in [3.63, 3.8) is 0 Å². The molecule has 0 aliphatic heterocycles. The Morgan fingerprint density at radius 3 is 2.52 bits per heavy atom. The van der Waals surface area contributed by atoms with Crippen LogP contribution in [0.4, 0.5) is 5.69 Å². The van der Waals surface area contributed by atoms with E-state index in [0.29, 0.717) is 46.0 Å². The molecule has 0 unspecified atom stereocenters. The summed E-state index contributed by atoms with van der Waals surface area (Å²) in [6.07, 6.45) is 0.336. The quantitative estimate of drug-likeness (QED) is 0.456. The van der Waals surface area contributed by atoms with Crippen LogP contribution in [0, 0.1) is 6.92 Å². The van der Waals surface area contributed by atoms with Crippen LogP contribution in [0.15, 0.2) is 57.8 Å². The highest BCUT2D eigenvalue weighted by Gasteiger charge is 2.26. The van der Waals surface area contributed by atoms with E-state index in [1.807, 2.05) is 25.1 Å². The number of aromatic nitrogens is 3. The molecule has 0 radical (unpaired) electrons. The minimum absolute atomic E-state index is 0.118. The summed E-state index contributed by atoms with van der Waals surface area (Å²) in [6, 6.07) is 13.4. The summed E-state index contributed by atoms with van der Waals surface area (Å²) in [6.45, 7) is 3.53. The Morgan fingerprint density at radius 2 is 1.82 bits per heavy atom. The van der Waals surface area contributed by atoms with Gasteiger partial charge in [0.25, 0.3) is 5.56 Å². The van der Waals surface area contributed by atoms with Crippen molar-refractivity contribution in [2.45, 2.75) is 26.3 Å². The van der Waals surface area contributed by atoms with Crippen molar-refractivity contribution in [1.82, 2.24) is 14.9 Å². The molecule has 1 N–H and O–H groups in total. The summed E-state index contributed by atoms with van der Waals surface area (Å²) in [7, 11) is 3.12. The lowest BCUT2D eigenvalue weighted by Crippen LogP contribution is -2.35. The van der Waals surface area contributed by atoms with E-state index in [9.17, 15) is 9.59 Å². The Morgan fingerprint density at radius 1 is 1.12 bits per heavy atom. The Kier molecular flexibility index (Phi) is 6.12. The first kappa shape index (κ1) is 22.1.